The third-order valence-corrected chi connectivity index (χ3v) is 2.47. The summed E-state index contributed by atoms with van der Waals surface area (Å²) in [5.74, 6) is 0. The fourth-order valence-electron chi connectivity index (χ4n) is 1.36. The van der Waals surface area contributed by atoms with Crippen molar-refractivity contribution in [2.24, 2.45) is 0 Å². The summed E-state index contributed by atoms with van der Waals surface area (Å²) in [5.41, 5.74) is 3.71. The van der Waals surface area contributed by atoms with Gasteiger partial charge < -0.3 is 21.7 Å². The molecule has 0 radical (unpaired) electrons. The Bertz CT molecular complexity index is 261. The molecular weight excluding hydrogens is 356 g/mol. The number of rotatable bonds is 0. The average molecular weight is 376 g/mol. The van der Waals surface area contributed by atoms with E-state index in [9.17, 15) is 0 Å². The van der Waals surface area contributed by atoms with E-state index in [0.717, 1.165) is 18.8 Å². The molecule has 1 fully saturated rings. The van der Waals surface area contributed by atoms with Gasteiger partial charge in [0.05, 0.1) is 0 Å². The van der Waals surface area contributed by atoms with Gasteiger partial charge in [-0.05, 0) is 12.8 Å². The Morgan fingerprint density at radius 2 is 1.47 bits per heavy atom. The smallest absolute Gasteiger partial charge is 1.00 e. The molecule has 1 saturated heterocycles. The zero-order chi connectivity index (χ0) is 10.4. The zero-order valence-electron chi connectivity index (χ0n) is 10.7. The van der Waals surface area contributed by atoms with E-state index >= 15 is 0 Å². The van der Waals surface area contributed by atoms with Crippen molar-refractivity contribution in [1.29, 1.82) is 0 Å². The van der Waals surface area contributed by atoms with E-state index in [4.69, 9.17) is 4.74 Å². The van der Waals surface area contributed by atoms with E-state index in [2.05, 4.69) is 39.0 Å². The van der Waals surface area contributed by atoms with Gasteiger partial charge in [0.2, 0.25) is 0 Å². The van der Waals surface area contributed by atoms with Gasteiger partial charge in [-0.25, -0.2) is 0 Å². The third-order valence-electron chi connectivity index (χ3n) is 2.47. The first-order valence-electron chi connectivity index (χ1n) is 5.17. The van der Waals surface area contributed by atoms with Crippen molar-refractivity contribution >= 4 is 40.0 Å². The SMILES string of the molecule is Br.C1CCOC1.[Br-].[CH2-]c1c(C)cccc1C.[Mg+2]. The summed E-state index contributed by atoms with van der Waals surface area (Å²) in [6, 6.07) is 6.21. The van der Waals surface area contributed by atoms with Crippen LogP contribution < -0.4 is 17.0 Å². The first-order chi connectivity index (χ1) is 6.72. The Kier molecular flexibility index (Phi) is 17.8. The van der Waals surface area contributed by atoms with Gasteiger partial charge in [0.1, 0.15) is 0 Å². The predicted octanol–water partition coefficient (Wildman–Crippen LogP) is 0.484. The summed E-state index contributed by atoms with van der Waals surface area (Å²) < 4.78 is 4.94. The Morgan fingerprint density at radius 3 is 1.71 bits per heavy atom. The molecule has 4 heteroatoms. The minimum atomic E-state index is 0. The predicted molar refractivity (Wildman–Crippen MR) is 76.5 cm³/mol. The Hall–Kier alpha value is 0.776. The minimum Gasteiger partial charge on any atom is -1.00 e. The van der Waals surface area contributed by atoms with Crippen LogP contribution in [0.3, 0.4) is 0 Å². The summed E-state index contributed by atoms with van der Waals surface area (Å²) in [6.07, 6.45) is 2.56. The third kappa shape index (κ3) is 9.37. The van der Waals surface area contributed by atoms with E-state index in [-0.39, 0.29) is 57.0 Å². The number of aryl methyl sites for hydroxylation is 2. The molecule has 2 rings (SSSR count). The second kappa shape index (κ2) is 13.2. The largest absolute Gasteiger partial charge is 2.00 e. The van der Waals surface area contributed by atoms with Crippen LogP contribution in [0.4, 0.5) is 0 Å². The van der Waals surface area contributed by atoms with Gasteiger partial charge in [-0.1, -0.05) is 19.9 Å². The first-order valence-corrected chi connectivity index (χ1v) is 5.17. The Balaban J connectivity index is -0.000000216. The molecule has 0 bridgehead atoms. The molecular formula is C13H20Br2MgO. The van der Waals surface area contributed by atoms with Crippen LogP contribution in [0.25, 0.3) is 0 Å². The summed E-state index contributed by atoms with van der Waals surface area (Å²) in [5, 5.41) is 0. The zero-order valence-corrected chi connectivity index (χ0v) is 15.4. The van der Waals surface area contributed by atoms with Crippen LogP contribution in [0.1, 0.15) is 29.5 Å². The molecule has 0 spiro atoms. The van der Waals surface area contributed by atoms with Gasteiger partial charge in [0.25, 0.3) is 0 Å². The van der Waals surface area contributed by atoms with Crippen molar-refractivity contribution in [3.63, 3.8) is 0 Å². The molecule has 0 saturated carbocycles. The van der Waals surface area contributed by atoms with Crippen molar-refractivity contribution in [1.82, 2.24) is 0 Å². The fourth-order valence-corrected chi connectivity index (χ4v) is 1.36. The summed E-state index contributed by atoms with van der Waals surface area (Å²) in [4.78, 5) is 0. The number of hydrogen-bond acceptors (Lipinski definition) is 1. The number of benzene rings is 1. The molecule has 94 valence electrons. The molecule has 1 aliphatic rings. The van der Waals surface area contributed by atoms with Crippen molar-refractivity contribution < 1.29 is 21.7 Å². The number of ether oxygens (including phenoxy) is 1. The number of hydrogen-bond donors (Lipinski definition) is 0. The topological polar surface area (TPSA) is 9.23 Å². The van der Waals surface area contributed by atoms with E-state index in [1.165, 1.54) is 24.0 Å². The first kappa shape index (κ1) is 22.9. The van der Waals surface area contributed by atoms with Gasteiger partial charge in [0, 0.05) is 13.2 Å². The summed E-state index contributed by atoms with van der Waals surface area (Å²) in [6.45, 7) is 10.1. The Labute approximate surface area is 142 Å². The standard InChI is InChI=1S/C9H11.C4H8O.2BrH.Mg/c1-7-5-4-6-8(2)9(7)3;1-2-4-5-3-1;;;/h4-6H,3H2,1-2H3;1-4H2;2*1H;/q-1;;;;+2/p-1. The summed E-state index contributed by atoms with van der Waals surface area (Å²) in [7, 11) is 0. The van der Waals surface area contributed by atoms with Crippen molar-refractivity contribution in [2.75, 3.05) is 13.2 Å². The molecule has 1 aliphatic heterocycles. The molecule has 1 aromatic carbocycles. The van der Waals surface area contributed by atoms with E-state index < -0.39 is 0 Å². The maximum absolute atomic E-state index is 4.94. The maximum Gasteiger partial charge on any atom is 2.00 e. The minimum absolute atomic E-state index is 0. The van der Waals surface area contributed by atoms with Gasteiger partial charge in [-0.3, -0.25) is 0 Å². The van der Waals surface area contributed by atoms with Crippen LogP contribution in [-0.2, 0) is 4.74 Å². The van der Waals surface area contributed by atoms with Crippen molar-refractivity contribution in [3.8, 4) is 0 Å². The molecule has 17 heavy (non-hydrogen) atoms. The molecule has 0 unspecified atom stereocenters. The van der Waals surface area contributed by atoms with Gasteiger partial charge in [-0.2, -0.15) is 23.6 Å². The molecule has 0 amide bonds. The van der Waals surface area contributed by atoms with Crippen LogP contribution in [0, 0.1) is 20.8 Å². The summed E-state index contributed by atoms with van der Waals surface area (Å²) >= 11 is 0. The molecule has 1 heterocycles. The van der Waals surface area contributed by atoms with Crippen LogP contribution >= 0.6 is 17.0 Å². The number of halogens is 2. The average Bonchev–Trinajstić information content (AvgIpc) is 2.72. The quantitative estimate of drug-likeness (QED) is 0.473. The maximum atomic E-state index is 4.94. The van der Waals surface area contributed by atoms with Gasteiger partial charge in [0.15, 0.2) is 0 Å². The Morgan fingerprint density at radius 1 is 1.06 bits per heavy atom. The molecule has 0 atom stereocenters. The van der Waals surface area contributed by atoms with E-state index in [0.29, 0.717) is 0 Å². The second-order valence-corrected chi connectivity index (χ2v) is 3.69. The van der Waals surface area contributed by atoms with Gasteiger partial charge >= 0.3 is 23.1 Å². The van der Waals surface area contributed by atoms with Crippen LogP contribution in [0.15, 0.2) is 18.2 Å². The fraction of sp³-hybridized carbons (Fsp3) is 0.462. The van der Waals surface area contributed by atoms with Crippen LogP contribution in [0.2, 0.25) is 0 Å². The molecule has 1 nitrogen and oxygen atoms in total. The molecule has 0 aliphatic carbocycles. The molecule has 0 N–H and O–H groups in total. The second-order valence-electron chi connectivity index (χ2n) is 3.69. The molecule has 0 aromatic heterocycles. The normalized spacial score (nSPS) is 12.1. The van der Waals surface area contributed by atoms with E-state index in [1.54, 1.807) is 0 Å². The van der Waals surface area contributed by atoms with Crippen LogP contribution in [-0.4, -0.2) is 36.3 Å². The molecule has 1 aromatic rings. The van der Waals surface area contributed by atoms with Crippen molar-refractivity contribution in [3.05, 3.63) is 41.8 Å². The monoisotopic (exact) mass is 374 g/mol. The van der Waals surface area contributed by atoms with Crippen molar-refractivity contribution in [2.45, 2.75) is 26.7 Å². The van der Waals surface area contributed by atoms with Gasteiger partial charge in [-0.15, -0.1) is 29.1 Å². The van der Waals surface area contributed by atoms with E-state index in [1.807, 2.05) is 0 Å². The van der Waals surface area contributed by atoms with Crippen LogP contribution in [0.5, 0.6) is 0 Å².